The van der Waals surface area contributed by atoms with Crippen LogP contribution in [0.5, 0.6) is 0 Å². The minimum Gasteiger partial charge on any atom is -0.361 e. The molecule has 0 amide bonds. The first kappa shape index (κ1) is 17.1. The lowest BCUT2D eigenvalue weighted by atomic mass is 10.2. The molecule has 10 heteroatoms. The van der Waals surface area contributed by atoms with Crippen molar-refractivity contribution in [2.45, 2.75) is 26.0 Å². The molecule has 0 radical (unpaired) electrons. The highest BCUT2D eigenvalue weighted by Crippen LogP contribution is 2.39. The molecule has 3 nitrogen and oxygen atoms in total. The number of ether oxygens (including phenoxy) is 1. The zero-order valence-corrected chi connectivity index (χ0v) is 12.6. The van der Waals surface area contributed by atoms with Crippen molar-refractivity contribution in [3.8, 4) is 0 Å². The van der Waals surface area contributed by atoms with Gasteiger partial charge in [-0.05, 0) is 19.1 Å². The Labute approximate surface area is 129 Å². The van der Waals surface area contributed by atoms with E-state index in [-0.39, 0.29) is 22.1 Å². The number of imidazole rings is 1. The molecule has 1 heterocycles. The standard InChI is InChI=1S/C12H9BrF6N2O/c1-2-22-5-21-9-3-6(11(14,15)16)7(13)4-8(9)20-10(21)12(17,18)19/h3-4H,2,5H2,1H3. The van der Waals surface area contributed by atoms with Crippen molar-refractivity contribution in [2.75, 3.05) is 6.61 Å². The van der Waals surface area contributed by atoms with Gasteiger partial charge in [-0.1, -0.05) is 15.9 Å². The van der Waals surface area contributed by atoms with Gasteiger partial charge in [-0.15, -0.1) is 0 Å². The minimum atomic E-state index is -4.80. The fourth-order valence-electron chi connectivity index (χ4n) is 1.89. The Morgan fingerprint density at radius 1 is 1.14 bits per heavy atom. The van der Waals surface area contributed by atoms with Gasteiger partial charge in [0.15, 0.2) is 0 Å². The maximum atomic E-state index is 13.0. The van der Waals surface area contributed by atoms with Crippen LogP contribution in [0.2, 0.25) is 0 Å². The number of alkyl halides is 6. The van der Waals surface area contributed by atoms with E-state index < -0.39 is 30.5 Å². The maximum absolute atomic E-state index is 13.0. The topological polar surface area (TPSA) is 27.1 Å². The predicted octanol–water partition coefficient (Wildman–Crippen LogP) is 4.83. The Bertz CT molecular complexity index is 691. The molecule has 0 aliphatic carbocycles. The predicted molar refractivity (Wildman–Crippen MR) is 69.1 cm³/mol. The fraction of sp³-hybridized carbons (Fsp3) is 0.417. The van der Waals surface area contributed by atoms with E-state index in [0.717, 1.165) is 6.07 Å². The van der Waals surface area contributed by atoms with Gasteiger partial charge in [0, 0.05) is 11.1 Å². The van der Waals surface area contributed by atoms with Crippen LogP contribution >= 0.6 is 15.9 Å². The molecule has 1 aromatic carbocycles. The third-order valence-electron chi connectivity index (χ3n) is 2.82. The highest BCUT2D eigenvalue weighted by atomic mass is 79.9. The average Bonchev–Trinajstić information content (AvgIpc) is 2.71. The summed E-state index contributed by atoms with van der Waals surface area (Å²) < 4.78 is 82.7. The van der Waals surface area contributed by atoms with E-state index in [1.54, 1.807) is 6.92 Å². The van der Waals surface area contributed by atoms with Gasteiger partial charge in [0.2, 0.25) is 5.82 Å². The highest BCUT2D eigenvalue weighted by Gasteiger charge is 2.39. The van der Waals surface area contributed by atoms with Crippen molar-refractivity contribution in [1.82, 2.24) is 9.55 Å². The molecule has 2 aromatic rings. The number of rotatable bonds is 3. The Morgan fingerprint density at radius 2 is 1.77 bits per heavy atom. The van der Waals surface area contributed by atoms with Crippen molar-refractivity contribution in [1.29, 1.82) is 0 Å². The Balaban J connectivity index is 2.73. The fourth-order valence-corrected chi connectivity index (χ4v) is 2.45. The maximum Gasteiger partial charge on any atom is 0.449 e. The average molecular weight is 391 g/mol. The van der Waals surface area contributed by atoms with Gasteiger partial charge in [0.05, 0.1) is 16.6 Å². The molecule has 0 spiro atoms. The lowest BCUT2D eigenvalue weighted by Crippen LogP contribution is -2.16. The third kappa shape index (κ3) is 3.22. The summed E-state index contributed by atoms with van der Waals surface area (Å²) in [6, 6.07) is 1.54. The first-order chi connectivity index (χ1) is 10.1. The molecule has 0 aliphatic rings. The molecule has 0 N–H and O–H groups in total. The molecule has 0 aliphatic heterocycles. The minimum absolute atomic E-state index is 0.111. The quantitative estimate of drug-likeness (QED) is 0.701. The highest BCUT2D eigenvalue weighted by molar-refractivity contribution is 9.10. The van der Waals surface area contributed by atoms with Crippen LogP contribution in [-0.2, 0) is 23.8 Å². The van der Waals surface area contributed by atoms with Crippen LogP contribution in [0.1, 0.15) is 18.3 Å². The summed E-state index contributed by atoms with van der Waals surface area (Å²) in [5.41, 5.74) is -1.57. The molecular weight excluding hydrogens is 382 g/mol. The monoisotopic (exact) mass is 390 g/mol. The van der Waals surface area contributed by atoms with Crippen molar-refractivity contribution in [3.63, 3.8) is 0 Å². The van der Waals surface area contributed by atoms with E-state index in [4.69, 9.17) is 4.74 Å². The molecule has 0 fully saturated rings. The lowest BCUT2D eigenvalue weighted by molar-refractivity contribution is -0.149. The van der Waals surface area contributed by atoms with Crippen LogP contribution in [0.3, 0.4) is 0 Å². The second kappa shape index (κ2) is 5.73. The molecule has 122 valence electrons. The first-order valence-electron chi connectivity index (χ1n) is 5.97. The summed E-state index contributed by atoms with van der Waals surface area (Å²) in [4.78, 5) is 3.38. The van der Waals surface area contributed by atoms with Crippen LogP contribution in [0.25, 0.3) is 11.0 Å². The molecular formula is C12H9BrF6N2O. The molecule has 0 saturated carbocycles. The number of hydrogen-bond acceptors (Lipinski definition) is 2. The zero-order chi connectivity index (χ0) is 16.7. The SMILES string of the molecule is CCOCn1c(C(F)(F)F)nc2cc(Br)c(C(F)(F)F)cc21. The lowest BCUT2D eigenvalue weighted by Gasteiger charge is -2.12. The smallest absolute Gasteiger partial charge is 0.361 e. The largest absolute Gasteiger partial charge is 0.449 e. The van der Waals surface area contributed by atoms with Crippen LogP contribution in [0.4, 0.5) is 26.3 Å². The number of fused-ring (bicyclic) bond motifs is 1. The van der Waals surface area contributed by atoms with E-state index in [9.17, 15) is 26.3 Å². The Kier molecular flexibility index (Phi) is 4.44. The molecule has 2 rings (SSSR count). The van der Waals surface area contributed by atoms with Crippen molar-refractivity contribution in [2.24, 2.45) is 0 Å². The second-order valence-electron chi connectivity index (χ2n) is 4.30. The normalized spacial score (nSPS) is 13.1. The van der Waals surface area contributed by atoms with Gasteiger partial charge in [0.1, 0.15) is 6.73 Å². The Hall–Kier alpha value is -1.29. The summed E-state index contributed by atoms with van der Waals surface area (Å²) >= 11 is 2.71. The van der Waals surface area contributed by atoms with Gasteiger partial charge in [-0.2, -0.15) is 26.3 Å². The summed E-state index contributed by atoms with van der Waals surface area (Å²) in [7, 11) is 0. The molecule has 22 heavy (non-hydrogen) atoms. The van der Waals surface area contributed by atoms with E-state index in [1.807, 2.05) is 0 Å². The molecule has 0 bridgehead atoms. The van der Waals surface area contributed by atoms with E-state index in [0.29, 0.717) is 10.6 Å². The zero-order valence-electron chi connectivity index (χ0n) is 11.0. The van der Waals surface area contributed by atoms with Gasteiger partial charge in [-0.25, -0.2) is 4.98 Å². The van der Waals surface area contributed by atoms with Gasteiger partial charge in [-0.3, -0.25) is 4.57 Å². The van der Waals surface area contributed by atoms with E-state index >= 15 is 0 Å². The summed E-state index contributed by atoms with van der Waals surface area (Å²) in [5.74, 6) is -1.30. The number of hydrogen-bond donors (Lipinski definition) is 0. The van der Waals surface area contributed by atoms with Gasteiger partial charge in [0.25, 0.3) is 0 Å². The Morgan fingerprint density at radius 3 is 2.27 bits per heavy atom. The van der Waals surface area contributed by atoms with Crippen molar-refractivity contribution >= 4 is 27.0 Å². The van der Waals surface area contributed by atoms with E-state index in [2.05, 4.69) is 20.9 Å². The first-order valence-corrected chi connectivity index (χ1v) is 6.77. The summed E-state index contributed by atoms with van der Waals surface area (Å²) in [6.07, 6.45) is -9.51. The molecule has 0 atom stereocenters. The molecule has 0 unspecified atom stereocenters. The van der Waals surface area contributed by atoms with Gasteiger partial charge < -0.3 is 4.74 Å². The summed E-state index contributed by atoms with van der Waals surface area (Å²) in [6.45, 7) is 1.13. The van der Waals surface area contributed by atoms with Crippen LogP contribution in [0, 0.1) is 0 Å². The summed E-state index contributed by atoms with van der Waals surface area (Å²) in [5, 5.41) is 0. The number of benzene rings is 1. The number of nitrogens with zero attached hydrogens (tertiary/aromatic N) is 2. The van der Waals surface area contributed by atoms with Crippen molar-refractivity contribution < 1.29 is 31.1 Å². The second-order valence-corrected chi connectivity index (χ2v) is 5.16. The molecule has 0 saturated heterocycles. The number of halogens is 7. The molecule has 1 aromatic heterocycles. The van der Waals surface area contributed by atoms with Crippen LogP contribution in [-0.4, -0.2) is 16.2 Å². The van der Waals surface area contributed by atoms with E-state index in [1.165, 1.54) is 0 Å². The van der Waals surface area contributed by atoms with Crippen LogP contribution in [0.15, 0.2) is 16.6 Å². The van der Waals surface area contributed by atoms with Gasteiger partial charge >= 0.3 is 12.4 Å². The number of aromatic nitrogens is 2. The van der Waals surface area contributed by atoms with Crippen molar-refractivity contribution in [3.05, 3.63) is 28.0 Å². The van der Waals surface area contributed by atoms with Crippen LogP contribution < -0.4 is 0 Å². The third-order valence-corrected chi connectivity index (χ3v) is 3.48.